The third-order valence-corrected chi connectivity index (χ3v) is 2.40. The number of aliphatic hydroxyl groups is 1. The maximum atomic E-state index is 11.5. The molecule has 0 bridgehead atoms. The Morgan fingerprint density at radius 3 is 3.00 bits per heavy atom. The molecule has 16 heavy (non-hydrogen) atoms. The Bertz CT molecular complexity index is 493. The molecule has 0 aromatic carbocycles. The molecular weight excluding hydrogens is 216 g/mol. The van der Waals surface area contributed by atoms with E-state index in [9.17, 15) is 9.59 Å². The van der Waals surface area contributed by atoms with Gasteiger partial charge in [-0.3, -0.25) is 14.3 Å². The van der Waals surface area contributed by atoms with Crippen molar-refractivity contribution in [2.24, 2.45) is 0 Å². The second kappa shape index (κ2) is 3.85. The molecule has 7 heteroatoms. The van der Waals surface area contributed by atoms with E-state index in [-0.39, 0.29) is 13.2 Å². The molecule has 0 radical (unpaired) electrons. The Morgan fingerprint density at radius 2 is 2.44 bits per heavy atom. The van der Waals surface area contributed by atoms with Gasteiger partial charge in [-0.05, 0) is 6.92 Å². The lowest BCUT2D eigenvalue weighted by Crippen LogP contribution is -2.43. The summed E-state index contributed by atoms with van der Waals surface area (Å²) in [6.07, 6.45) is 0.591. The van der Waals surface area contributed by atoms with Crippen LogP contribution in [0.15, 0.2) is 21.9 Å². The number of nitrogens with one attached hydrogen (secondary N) is 1. The molecule has 0 unspecified atom stereocenters. The van der Waals surface area contributed by atoms with Crippen molar-refractivity contribution in [1.82, 2.24) is 9.55 Å². The molecule has 2 heterocycles. The third-order valence-electron chi connectivity index (χ3n) is 2.40. The first-order valence-corrected chi connectivity index (χ1v) is 4.78. The molecule has 0 aliphatic carbocycles. The van der Waals surface area contributed by atoms with Crippen LogP contribution in [-0.4, -0.2) is 34.2 Å². The summed E-state index contributed by atoms with van der Waals surface area (Å²) in [5, 5.41) is 8.86. The fourth-order valence-electron chi connectivity index (χ4n) is 1.60. The van der Waals surface area contributed by atoms with Crippen LogP contribution in [0.1, 0.15) is 6.92 Å². The summed E-state index contributed by atoms with van der Waals surface area (Å²) in [4.78, 5) is 24.6. The van der Waals surface area contributed by atoms with E-state index >= 15 is 0 Å². The second-order valence-electron chi connectivity index (χ2n) is 3.70. The van der Waals surface area contributed by atoms with Gasteiger partial charge in [0.1, 0.15) is 0 Å². The second-order valence-corrected chi connectivity index (χ2v) is 3.70. The summed E-state index contributed by atoms with van der Waals surface area (Å²) in [5.41, 5.74) is -2.05. The molecule has 0 saturated carbocycles. The minimum absolute atomic E-state index is 0.129. The maximum Gasteiger partial charge on any atom is 0.330 e. The van der Waals surface area contributed by atoms with Gasteiger partial charge in [-0.2, -0.15) is 0 Å². The summed E-state index contributed by atoms with van der Waals surface area (Å²) in [5.74, 6) is 0. The molecule has 1 aliphatic rings. The lowest BCUT2D eigenvalue weighted by molar-refractivity contribution is -0.134. The molecule has 7 nitrogen and oxygen atoms in total. The minimum Gasteiger partial charge on any atom is -0.391 e. The highest BCUT2D eigenvalue weighted by atomic mass is 16.7. The number of hydrogen-bond acceptors (Lipinski definition) is 5. The highest BCUT2D eigenvalue weighted by molar-refractivity contribution is 4.89. The van der Waals surface area contributed by atoms with E-state index in [1.54, 1.807) is 6.92 Å². The monoisotopic (exact) mass is 228 g/mol. The van der Waals surface area contributed by atoms with Crippen molar-refractivity contribution >= 4 is 0 Å². The van der Waals surface area contributed by atoms with Gasteiger partial charge in [0.25, 0.3) is 5.56 Å². The Labute approximate surface area is 90.2 Å². The van der Waals surface area contributed by atoms with Crippen LogP contribution >= 0.6 is 0 Å². The number of ether oxygens (including phenoxy) is 2. The number of rotatable bonds is 2. The standard InChI is InChI=1S/C9H12N2O5/c1-9(5-15-7(4-12)16-9)11-3-2-6(13)10-8(11)14/h2-3,7,12H,4-5H2,1H3,(H,10,13,14)/t7-,9+/m1/s1. The third kappa shape index (κ3) is 1.80. The Kier molecular flexibility index (Phi) is 2.66. The lowest BCUT2D eigenvalue weighted by Gasteiger charge is -2.24. The Morgan fingerprint density at radius 1 is 1.69 bits per heavy atom. The largest absolute Gasteiger partial charge is 0.391 e. The van der Waals surface area contributed by atoms with Crippen LogP contribution in [0.2, 0.25) is 0 Å². The van der Waals surface area contributed by atoms with Crippen molar-refractivity contribution < 1.29 is 14.6 Å². The Balaban J connectivity index is 2.37. The van der Waals surface area contributed by atoms with E-state index < -0.39 is 23.3 Å². The molecular formula is C9H12N2O5. The number of aromatic amines is 1. The zero-order valence-electron chi connectivity index (χ0n) is 8.67. The zero-order valence-corrected chi connectivity index (χ0v) is 8.67. The molecule has 2 N–H and O–H groups in total. The highest BCUT2D eigenvalue weighted by Gasteiger charge is 2.39. The lowest BCUT2D eigenvalue weighted by atomic mass is 10.3. The van der Waals surface area contributed by atoms with Crippen LogP contribution in [0.3, 0.4) is 0 Å². The summed E-state index contributed by atoms with van der Waals surface area (Å²) in [7, 11) is 0. The van der Waals surface area contributed by atoms with E-state index in [1.807, 2.05) is 0 Å². The van der Waals surface area contributed by atoms with Gasteiger partial charge in [0.15, 0.2) is 12.0 Å². The van der Waals surface area contributed by atoms with E-state index in [0.29, 0.717) is 0 Å². The van der Waals surface area contributed by atoms with Gasteiger partial charge in [-0.25, -0.2) is 4.79 Å². The van der Waals surface area contributed by atoms with E-state index in [4.69, 9.17) is 14.6 Å². The van der Waals surface area contributed by atoms with E-state index in [2.05, 4.69) is 4.98 Å². The first-order chi connectivity index (χ1) is 7.55. The molecule has 1 aromatic heterocycles. The highest BCUT2D eigenvalue weighted by Crippen LogP contribution is 2.25. The minimum atomic E-state index is -1.01. The maximum absolute atomic E-state index is 11.5. The van der Waals surface area contributed by atoms with Crippen LogP contribution in [0.25, 0.3) is 0 Å². The molecule has 2 atom stereocenters. The molecule has 88 valence electrons. The zero-order chi connectivity index (χ0) is 11.8. The number of H-pyrrole nitrogens is 1. The normalized spacial score (nSPS) is 29.5. The van der Waals surface area contributed by atoms with Crippen LogP contribution in [0, 0.1) is 0 Å². The first kappa shape index (κ1) is 11.1. The average Bonchev–Trinajstić information content (AvgIpc) is 2.61. The van der Waals surface area contributed by atoms with Gasteiger partial charge in [-0.1, -0.05) is 0 Å². The topological polar surface area (TPSA) is 93.6 Å². The van der Waals surface area contributed by atoms with Crippen molar-refractivity contribution in [3.05, 3.63) is 33.1 Å². The Hall–Kier alpha value is -1.44. The molecule has 0 spiro atoms. The number of nitrogens with zero attached hydrogens (tertiary/aromatic N) is 1. The van der Waals surface area contributed by atoms with Crippen LogP contribution in [0.4, 0.5) is 0 Å². The molecule has 1 saturated heterocycles. The van der Waals surface area contributed by atoms with Gasteiger partial charge < -0.3 is 14.6 Å². The van der Waals surface area contributed by atoms with Crippen LogP contribution < -0.4 is 11.2 Å². The molecule has 1 aromatic rings. The predicted molar refractivity (Wildman–Crippen MR) is 52.9 cm³/mol. The van der Waals surface area contributed by atoms with Gasteiger partial charge in [0.05, 0.1) is 13.2 Å². The van der Waals surface area contributed by atoms with E-state index in [1.165, 1.54) is 16.8 Å². The fourth-order valence-corrected chi connectivity index (χ4v) is 1.60. The summed E-state index contributed by atoms with van der Waals surface area (Å²) in [6, 6.07) is 1.22. The number of hydrogen-bond donors (Lipinski definition) is 2. The van der Waals surface area contributed by atoms with Crippen molar-refractivity contribution in [3.63, 3.8) is 0 Å². The summed E-state index contributed by atoms with van der Waals surface area (Å²) < 4.78 is 11.7. The van der Waals surface area contributed by atoms with Crippen molar-refractivity contribution in [2.75, 3.05) is 13.2 Å². The van der Waals surface area contributed by atoms with Crippen LogP contribution in [0.5, 0.6) is 0 Å². The molecule has 1 fully saturated rings. The van der Waals surface area contributed by atoms with Gasteiger partial charge in [0.2, 0.25) is 0 Å². The van der Waals surface area contributed by atoms with Gasteiger partial charge >= 0.3 is 5.69 Å². The SMILES string of the molecule is C[C@@]1(n2ccc(=O)[nH]c2=O)CO[C@@H](CO)O1. The molecule has 0 amide bonds. The van der Waals surface area contributed by atoms with Crippen molar-refractivity contribution in [3.8, 4) is 0 Å². The van der Waals surface area contributed by atoms with E-state index in [0.717, 1.165) is 0 Å². The fraction of sp³-hybridized carbons (Fsp3) is 0.556. The number of aliphatic hydroxyl groups excluding tert-OH is 1. The molecule has 1 aliphatic heterocycles. The average molecular weight is 228 g/mol. The van der Waals surface area contributed by atoms with Gasteiger partial charge in [0, 0.05) is 12.3 Å². The molecule has 2 rings (SSSR count). The van der Waals surface area contributed by atoms with Gasteiger partial charge in [-0.15, -0.1) is 0 Å². The van der Waals surface area contributed by atoms with Crippen molar-refractivity contribution in [1.29, 1.82) is 0 Å². The summed E-state index contributed by atoms with van der Waals surface area (Å²) in [6.45, 7) is 1.49. The smallest absolute Gasteiger partial charge is 0.330 e. The van der Waals surface area contributed by atoms with Crippen molar-refractivity contribution in [2.45, 2.75) is 18.9 Å². The predicted octanol–water partition coefficient (Wildman–Crippen LogP) is -1.43. The summed E-state index contributed by atoms with van der Waals surface area (Å²) >= 11 is 0. The first-order valence-electron chi connectivity index (χ1n) is 4.78. The number of aromatic nitrogens is 2. The quantitative estimate of drug-likeness (QED) is 0.647. The van der Waals surface area contributed by atoms with Crippen LogP contribution in [-0.2, 0) is 15.2 Å².